The number of hydrogen-bond donors (Lipinski definition) is 0. The first-order chi connectivity index (χ1) is 6.18. The van der Waals surface area contributed by atoms with Crippen LogP contribution in [0.3, 0.4) is 0 Å². The van der Waals surface area contributed by atoms with E-state index in [2.05, 4.69) is 23.6 Å². The number of nitrogens with zero attached hydrogens (tertiary/aromatic N) is 2. The van der Waals surface area contributed by atoms with Crippen LogP contribution >= 0.6 is 11.6 Å². The van der Waals surface area contributed by atoms with Crippen LogP contribution in [0, 0.1) is 5.92 Å². The zero-order chi connectivity index (χ0) is 9.42. The van der Waals surface area contributed by atoms with Crippen LogP contribution in [0.1, 0.15) is 38.3 Å². The Balaban J connectivity index is 2.22. The smallest absolute Gasteiger partial charge is 0.0820 e. The van der Waals surface area contributed by atoms with E-state index in [1.807, 2.05) is 0 Å². The van der Waals surface area contributed by atoms with Crippen molar-refractivity contribution in [2.45, 2.75) is 39.2 Å². The third-order valence-corrected chi connectivity index (χ3v) is 2.80. The molecule has 0 unspecified atom stereocenters. The molecule has 1 fully saturated rings. The fourth-order valence-corrected chi connectivity index (χ4v) is 2.00. The van der Waals surface area contributed by atoms with E-state index in [4.69, 9.17) is 11.6 Å². The van der Waals surface area contributed by atoms with Crippen LogP contribution in [-0.2, 0) is 6.54 Å². The average molecular weight is 199 g/mol. The second-order valence-corrected chi connectivity index (χ2v) is 4.57. The van der Waals surface area contributed by atoms with Gasteiger partial charge in [0.25, 0.3) is 0 Å². The summed E-state index contributed by atoms with van der Waals surface area (Å²) in [5.74, 6) is 1.32. The van der Waals surface area contributed by atoms with E-state index in [1.54, 1.807) is 6.20 Å². The van der Waals surface area contributed by atoms with Crippen molar-refractivity contribution in [3.63, 3.8) is 0 Å². The zero-order valence-electron chi connectivity index (χ0n) is 8.13. The van der Waals surface area contributed by atoms with Crippen LogP contribution in [0.15, 0.2) is 6.20 Å². The van der Waals surface area contributed by atoms with Crippen LogP contribution in [-0.4, -0.2) is 9.78 Å². The van der Waals surface area contributed by atoms with E-state index in [9.17, 15) is 0 Å². The van der Waals surface area contributed by atoms with Gasteiger partial charge in [-0.2, -0.15) is 5.10 Å². The monoisotopic (exact) mass is 198 g/mol. The summed E-state index contributed by atoms with van der Waals surface area (Å²) in [6.45, 7) is 5.37. The summed E-state index contributed by atoms with van der Waals surface area (Å²) in [4.78, 5) is 0. The molecule has 1 heterocycles. The standard InChI is InChI=1S/C10H15ClN2/c1-7(2)10-9(11)5-12-13(10)6-8-3-4-8/h5,7-8H,3-4,6H2,1-2H3. The maximum absolute atomic E-state index is 6.06. The molecule has 0 saturated heterocycles. The third kappa shape index (κ3) is 1.88. The highest BCUT2D eigenvalue weighted by Gasteiger charge is 2.24. The Labute approximate surface area is 83.9 Å². The molecule has 0 bridgehead atoms. The molecule has 0 aliphatic heterocycles. The Hall–Kier alpha value is -0.500. The summed E-state index contributed by atoms with van der Waals surface area (Å²) in [7, 11) is 0. The van der Waals surface area contributed by atoms with E-state index in [0.29, 0.717) is 5.92 Å². The number of hydrogen-bond acceptors (Lipinski definition) is 1. The fraction of sp³-hybridized carbons (Fsp3) is 0.700. The third-order valence-electron chi connectivity index (χ3n) is 2.51. The van der Waals surface area contributed by atoms with Gasteiger partial charge in [-0.15, -0.1) is 0 Å². The molecule has 0 spiro atoms. The molecule has 0 aromatic carbocycles. The molecule has 1 aromatic heterocycles. The molecule has 1 aliphatic carbocycles. The topological polar surface area (TPSA) is 17.8 Å². The van der Waals surface area contributed by atoms with E-state index in [-0.39, 0.29) is 0 Å². The van der Waals surface area contributed by atoms with Gasteiger partial charge in [0.05, 0.1) is 16.9 Å². The molecule has 0 N–H and O–H groups in total. The quantitative estimate of drug-likeness (QED) is 0.730. The van der Waals surface area contributed by atoms with Gasteiger partial charge in [0.15, 0.2) is 0 Å². The van der Waals surface area contributed by atoms with E-state index in [1.165, 1.54) is 18.5 Å². The van der Waals surface area contributed by atoms with Crippen molar-refractivity contribution in [1.29, 1.82) is 0 Å². The summed E-state index contributed by atoms with van der Waals surface area (Å²) < 4.78 is 2.07. The maximum Gasteiger partial charge on any atom is 0.0820 e. The first kappa shape index (κ1) is 9.07. The molecule has 0 atom stereocenters. The molecular formula is C10H15ClN2. The molecular weight excluding hydrogens is 184 g/mol. The zero-order valence-corrected chi connectivity index (χ0v) is 8.88. The van der Waals surface area contributed by atoms with Gasteiger partial charge in [-0.3, -0.25) is 4.68 Å². The molecule has 0 radical (unpaired) electrons. The summed E-state index contributed by atoms with van der Waals surface area (Å²) in [5.41, 5.74) is 1.19. The highest BCUT2D eigenvalue weighted by molar-refractivity contribution is 6.31. The van der Waals surface area contributed by atoms with Gasteiger partial charge in [0.2, 0.25) is 0 Å². The SMILES string of the molecule is CC(C)c1c(Cl)cnn1CC1CC1. The minimum atomic E-state index is 0.466. The number of aromatic nitrogens is 2. The normalized spacial score (nSPS) is 16.9. The minimum absolute atomic E-state index is 0.466. The van der Waals surface area contributed by atoms with E-state index < -0.39 is 0 Å². The van der Waals surface area contributed by atoms with Crippen molar-refractivity contribution in [1.82, 2.24) is 9.78 Å². The lowest BCUT2D eigenvalue weighted by atomic mass is 10.1. The van der Waals surface area contributed by atoms with Gasteiger partial charge in [0.1, 0.15) is 0 Å². The van der Waals surface area contributed by atoms with Gasteiger partial charge in [-0.05, 0) is 24.7 Å². The lowest BCUT2D eigenvalue weighted by molar-refractivity contribution is 0.527. The van der Waals surface area contributed by atoms with Gasteiger partial charge >= 0.3 is 0 Å². The highest BCUT2D eigenvalue weighted by Crippen LogP contribution is 2.33. The van der Waals surface area contributed by atoms with Gasteiger partial charge in [-0.25, -0.2) is 0 Å². The maximum atomic E-state index is 6.06. The van der Waals surface area contributed by atoms with E-state index >= 15 is 0 Å². The second kappa shape index (κ2) is 3.33. The molecule has 13 heavy (non-hydrogen) atoms. The van der Waals surface area contributed by atoms with Crippen LogP contribution in [0.25, 0.3) is 0 Å². The number of rotatable bonds is 3. The second-order valence-electron chi connectivity index (χ2n) is 4.16. The first-order valence-electron chi connectivity index (χ1n) is 4.89. The Bertz CT molecular complexity index is 300. The lowest BCUT2D eigenvalue weighted by Gasteiger charge is -2.09. The molecule has 2 nitrogen and oxygen atoms in total. The molecule has 1 saturated carbocycles. The summed E-state index contributed by atoms with van der Waals surface area (Å²) in [5, 5.41) is 5.12. The molecule has 1 aliphatic rings. The first-order valence-corrected chi connectivity index (χ1v) is 5.27. The van der Waals surface area contributed by atoms with Crippen molar-refractivity contribution >= 4 is 11.6 Å². The Morgan fingerprint density at radius 2 is 2.31 bits per heavy atom. The van der Waals surface area contributed by atoms with Crippen LogP contribution in [0.5, 0.6) is 0 Å². The molecule has 3 heteroatoms. The van der Waals surface area contributed by atoms with Gasteiger partial charge < -0.3 is 0 Å². The highest BCUT2D eigenvalue weighted by atomic mass is 35.5. The molecule has 1 aromatic rings. The van der Waals surface area contributed by atoms with Crippen molar-refractivity contribution < 1.29 is 0 Å². The van der Waals surface area contributed by atoms with Crippen molar-refractivity contribution in [3.05, 3.63) is 16.9 Å². The van der Waals surface area contributed by atoms with E-state index in [0.717, 1.165) is 17.5 Å². The van der Waals surface area contributed by atoms with Crippen molar-refractivity contribution in [2.75, 3.05) is 0 Å². The Kier molecular flexibility index (Phi) is 2.33. The Morgan fingerprint density at radius 1 is 1.62 bits per heavy atom. The van der Waals surface area contributed by atoms with Gasteiger partial charge in [-0.1, -0.05) is 25.4 Å². The van der Waals surface area contributed by atoms with Crippen molar-refractivity contribution in [3.8, 4) is 0 Å². The minimum Gasteiger partial charge on any atom is -0.268 e. The Morgan fingerprint density at radius 3 is 2.85 bits per heavy atom. The fourth-order valence-electron chi connectivity index (χ4n) is 1.64. The summed E-state index contributed by atoms with van der Waals surface area (Å²) in [6, 6.07) is 0. The average Bonchev–Trinajstić information content (AvgIpc) is 2.76. The predicted octanol–water partition coefficient (Wildman–Crippen LogP) is 3.07. The molecule has 2 rings (SSSR count). The molecule has 72 valence electrons. The lowest BCUT2D eigenvalue weighted by Crippen LogP contribution is -2.07. The summed E-state index contributed by atoms with van der Waals surface area (Å²) in [6.07, 6.45) is 4.48. The van der Waals surface area contributed by atoms with Crippen LogP contribution in [0.4, 0.5) is 0 Å². The van der Waals surface area contributed by atoms with Crippen molar-refractivity contribution in [2.24, 2.45) is 5.92 Å². The number of halogens is 1. The summed E-state index contributed by atoms with van der Waals surface area (Å²) >= 11 is 6.06. The largest absolute Gasteiger partial charge is 0.268 e. The van der Waals surface area contributed by atoms with Crippen LogP contribution < -0.4 is 0 Å². The molecule has 0 amide bonds. The predicted molar refractivity (Wildman–Crippen MR) is 54.1 cm³/mol. The van der Waals surface area contributed by atoms with Crippen LogP contribution in [0.2, 0.25) is 5.02 Å². The van der Waals surface area contributed by atoms with Gasteiger partial charge in [0, 0.05) is 6.54 Å².